The van der Waals surface area contributed by atoms with Gasteiger partial charge < -0.3 is 19.4 Å². The van der Waals surface area contributed by atoms with Crippen LogP contribution in [0.1, 0.15) is 102 Å². The molecule has 0 aliphatic carbocycles. The van der Waals surface area contributed by atoms with Crippen LogP contribution in [-0.4, -0.2) is 66.2 Å². The third-order valence-corrected chi connectivity index (χ3v) is 8.04. The lowest BCUT2D eigenvalue weighted by Crippen LogP contribution is -2.36. The van der Waals surface area contributed by atoms with E-state index in [2.05, 4.69) is 26.8 Å². The van der Waals surface area contributed by atoms with Crippen LogP contribution in [0.4, 0.5) is 9.59 Å². The average molecular weight is 691 g/mol. The van der Waals surface area contributed by atoms with E-state index in [9.17, 15) is 9.59 Å². The summed E-state index contributed by atoms with van der Waals surface area (Å²) in [6.45, 7) is 12.6. The smallest absolute Gasteiger partial charge is 0.410 e. The minimum absolute atomic E-state index is 0. The van der Waals surface area contributed by atoms with Gasteiger partial charge in [-0.05, 0) is 103 Å². The van der Waals surface area contributed by atoms with E-state index in [0.717, 1.165) is 70.7 Å². The molecule has 2 N–H and O–H groups in total. The Bertz CT molecular complexity index is 1810. The van der Waals surface area contributed by atoms with Gasteiger partial charge in [-0.2, -0.15) is 27.0 Å². The van der Waals surface area contributed by atoms with Crippen LogP contribution in [0.5, 0.6) is 0 Å². The number of likely N-dealkylation sites (tertiary alicyclic amines) is 2. The van der Waals surface area contributed by atoms with Gasteiger partial charge in [0.2, 0.25) is 0 Å². The number of rotatable bonds is 3. The fourth-order valence-corrected chi connectivity index (χ4v) is 5.98. The molecular weight excluding hydrogens is 645 g/mol. The number of carbonyl (C=O) groups is 2. The Morgan fingerprint density at radius 1 is 0.771 bits per heavy atom. The highest BCUT2D eigenvalue weighted by Gasteiger charge is 2.36. The minimum Gasteiger partial charge on any atom is -0.444 e. The Hall–Kier alpha value is -4.08. The molecule has 6 rings (SSSR count). The van der Waals surface area contributed by atoms with Crippen molar-refractivity contribution in [1.82, 2.24) is 29.7 Å². The highest BCUT2D eigenvalue weighted by atomic mass is 32.1. The van der Waals surface area contributed by atoms with Crippen molar-refractivity contribution in [2.45, 2.75) is 90.5 Å². The topological polar surface area (TPSA) is 116 Å². The number of fused-ring (bicyclic) bond motifs is 1. The minimum atomic E-state index is -0.545. The second-order valence-electron chi connectivity index (χ2n) is 14.0. The number of nitrogens with one attached hydrogen (secondary N) is 2. The van der Waals surface area contributed by atoms with Gasteiger partial charge in [0.05, 0.1) is 35.0 Å². The van der Waals surface area contributed by atoms with Crippen molar-refractivity contribution < 1.29 is 19.1 Å². The third kappa shape index (κ3) is 8.49. The van der Waals surface area contributed by atoms with Crippen LogP contribution >= 0.6 is 27.0 Å². The van der Waals surface area contributed by atoms with Crippen LogP contribution < -0.4 is 0 Å². The number of hydrogen-bond acceptors (Lipinski definition) is 6. The van der Waals surface area contributed by atoms with Crippen LogP contribution in [0.15, 0.2) is 48.7 Å². The maximum atomic E-state index is 12.8. The number of aromatic nitrogens is 4. The molecule has 2 aromatic heterocycles. The normalized spacial score (nSPS) is 17.7. The van der Waals surface area contributed by atoms with Crippen LogP contribution in [0.3, 0.4) is 0 Å². The van der Waals surface area contributed by atoms with Crippen LogP contribution in [0, 0.1) is 11.8 Å². The number of imidazole rings is 2. The number of benzene rings is 2. The van der Waals surface area contributed by atoms with Gasteiger partial charge in [0.15, 0.2) is 0 Å². The number of aromatic amines is 2. The Morgan fingerprint density at radius 3 is 1.90 bits per heavy atom. The van der Waals surface area contributed by atoms with Crippen molar-refractivity contribution in [3.05, 3.63) is 71.4 Å². The molecule has 2 aromatic carbocycles. The molecule has 2 aliphatic heterocycles. The zero-order valence-electron chi connectivity index (χ0n) is 28.4. The van der Waals surface area contributed by atoms with Crippen molar-refractivity contribution in [3.8, 4) is 23.1 Å². The first-order valence-electron chi connectivity index (χ1n) is 16.0. The molecule has 12 heteroatoms. The summed E-state index contributed by atoms with van der Waals surface area (Å²) in [6.07, 6.45) is 4.71. The molecule has 2 amide bonds. The van der Waals surface area contributed by atoms with E-state index < -0.39 is 11.2 Å². The lowest BCUT2D eigenvalue weighted by atomic mass is 10.1. The number of hydrogen-bond donors (Lipinski definition) is 2. The van der Waals surface area contributed by atoms with Gasteiger partial charge in [-0.3, -0.25) is 9.80 Å². The number of ether oxygens (including phenoxy) is 2. The molecule has 2 aliphatic rings. The standard InChI is InChI=1S/C36H42N6O4.2H2S/c1-35(2,3)45-33(43)41-19-7-9-29(41)31-37-22-28(40-31)25-16-13-23(14-17-25)11-12-24-15-18-26-27(21-24)39-32(38-26)30-10-8-20-42(30)34(44)46-36(4,5)6;;/h13-18,21-22,29-30H,7-10,19-20H2,1-6H3,(H,37,40)(H,38,39);2*1H2/t29-,30-;;/m0../s1. The molecular formula is C36H46N6O4S2. The maximum Gasteiger partial charge on any atom is 0.410 e. The first-order valence-corrected chi connectivity index (χ1v) is 16.0. The number of H-pyrrole nitrogens is 2. The van der Waals surface area contributed by atoms with Crippen LogP contribution in [0.25, 0.3) is 22.3 Å². The average Bonchev–Trinajstić information content (AvgIpc) is 3.79. The van der Waals surface area contributed by atoms with Crippen molar-refractivity contribution in [1.29, 1.82) is 0 Å². The second kappa shape index (κ2) is 14.6. The summed E-state index contributed by atoms with van der Waals surface area (Å²) in [5.41, 5.74) is 4.27. The predicted octanol–water partition coefficient (Wildman–Crippen LogP) is 7.72. The van der Waals surface area contributed by atoms with E-state index in [-0.39, 0.29) is 51.3 Å². The van der Waals surface area contributed by atoms with E-state index in [0.29, 0.717) is 13.1 Å². The summed E-state index contributed by atoms with van der Waals surface area (Å²) in [5.74, 6) is 8.06. The quantitative estimate of drug-likeness (QED) is 0.213. The highest BCUT2D eigenvalue weighted by molar-refractivity contribution is 7.59. The van der Waals surface area contributed by atoms with E-state index in [4.69, 9.17) is 14.5 Å². The van der Waals surface area contributed by atoms with E-state index in [1.807, 2.05) is 90.2 Å². The fraction of sp³-hybridized carbons (Fsp3) is 0.444. The zero-order chi connectivity index (χ0) is 32.6. The Labute approximate surface area is 296 Å². The van der Waals surface area contributed by atoms with Crippen molar-refractivity contribution >= 4 is 50.2 Å². The molecule has 0 radical (unpaired) electrons. The Morgan fingerprint density at radius 2 is 1.31 bits per heavy atom. The summed E-state index contributed by atoms with van der Waals surface area (Å²) in [6, 6.07) is 13.7. The van der Waals surface area contributed by atoms with Gasteiger partial charge in [0.25, 0.3) is 0 Å². The molecule has 2 fully saturated rings. The summed E-state index contributed by atoms with van der Waals surface area (Å²) in [5, 5.41) is 0. The predicted molar refractivity (Wildman–Crippen MR) is 197 cm³/mol. The number of nitrogens with zero attached hydrogens (tertiary/aromatic N) is 4. The monoisotopic (exact) mass is 690 g/mol. The summed E-state index contributed by atoms with van der Waals surface area (Å²) < 4.78 is 11.2. The Kier molecular flexibility index (Phi) is 11.2. The molecule has 48 heavy (non-hydrogen) atoms. The largest absolute Gasteiger partial charge is 0.444 e. The summed E-state index contributed by atoms with van der Waals surface area (Å²) in [7, 11) is 0. The molecule has 0 spiro atoms. The number of carbonyl (C=O) groups excluding carboxylic acids is 2. The van der Waals surface area contributed by atoms with E-state index >= 15 is 0 Å². The summed E-state index contributed by atoms with van der Waals surface area (Å²) in [4.78, 5) is 45.3. The molecule has 0 unspecified atom stereocenters. The molecule has 4 heterocycles. The lowest BCUT2D eigenvalue weighted by molar-refractivity contribution is 0.0208. The van der Waals surface area contributed by atoms with Gasteiger partial charge in [0.1, 0.15) is 22.9 Å². The fourth-order valence-electron chi connectivity index (χ4n) is 5.98. The number of amides is 2. The Balaban J connectivity index is 0.00000260. The van der Waals surface area contributed by atoms with Gasteiger partial charge in [-0.25, -0.2) is 19.6 Å². The third-order valence-electron chi connectivity index (χ3n) is 8.04. The SMILES string of the molecule is CC(C)(C)OC(=O)N1CCC[C@H]1c1ncc(-c2ccc(C#Cc3ccc4nc([C@@H]5CCCN5C(=O)OC(C)(C)C)[nH]c4c3)cc2)[nH]1.S.S. The first-order chi connectivity index (χ1) is 21.8. The first kappa shape index (κ1) is 36.8. The molecule has 10 nitrogen and oxygen atoms in total. The van der Waals surface area contributed by atoms with Gasteiger partial charge in [-0.15, -0.1) is 0 Å². The lowest BCUT2D eigenvalue weighted by Gasteiger charge is -2.27. The van der Waals surface area contributed by atoms with E-state index in [1.54, 1.807) is 9.80 Å². The molecule has 0 bridgehead atoms. The summed E-state index contributed by atoms with van der Waals surface area (Å²) >= 11 is 0. The second-order valence-corrected chi connectivity index (χ2v) is 14.0. The van der Waals surface area contributed by atoms with Gasteiger partial charge >= 0.3 is 12.2 Å². The van der Waals surface area contributed by atoms with Gasteiger partial charge in [0, 0.05) is 24.2 Å². The van der Waals surface area contributed by atoms with Crippen molar-refractivity contribution in [2.75, 3.05) is 13.1 Å². The molecule has 2 atom stereocenters. The van der Waals surface area contributed by atoms with E-state index in [1.165, 1.54) is 0 Å². The molecule has 0 saturated carbocycles. The van der Waals surface area contributed by atoms with Crippen molar-refractivity contribution in [3.63, 3.8) is 0 Å². The van der Waals surface area contributed by atoms with Crippen molar-refractivity contribution in [2.24, 2.45) is 0 Å². The zero-order valence-corrected chi connectivity index (χ0v) is 30.4. The molecule has 2 saturated heterocycles. The van der Waals surface area contributed by atoms with Crippen LogP contribution in [-0.2, 0) is 9.47 Å². The molecule has 4 aromatic rings. The van der Waals surface area contributed by atoms with Crippen LogP contribution in [0.2, 0.25) is 0 Å². The van der Waals surface area contributed by atoms with Gasteiger partial charge in [-0.1, -0.05) is 24.0 Å². The maximum absolute atomic E-state index is 12.8. The highest BCUT2D eigenvalue weighted by Crippen LogP contribution is 2.34. The molecule has 256 valence electrons.